The Labute approximate surface area is 277 Å². The van der Waals surface area contributed by atoms with E-state index in [0.717, 1.165) is 60.8 Å². The predicted octanol–water partition coefficient (Wildman–Crippen LogP) is 11.0. The molecule has 0 saturated carbocycles. The normalized spacial score (nSPS) is 11.3. The van der Waals surface area contributed by atoms with Gasteiger partial charge in [-0.1, -0.05) is 115 Å². The molecule has 0 bridgehead atoms. The summed E-state index contributed by atoms with van der Waals surface area (Å²) in [6, 6.07) is 58.9. The molecule has 9 aromatic rings. The lowest BCUT2D eigenvalue weighted by Gasteiger charge is -2.16. The Balaban J connectivity index is 1.23. The first-order chi connectivity index (χ1) is 23.8. The van der Waals surface area contributed by atoms with Crippen molar-refractivity contribution in [2.45, 2.75) is 0 Å². The van der Waals surface area contributed by atoms with Gasteiger partial charge in [0.05, 0.1) is 44.6 Å². The summed E-state index contributed by atoms with van der Waals surface area (Å²) in [6.45, 7) is 0. The average molecular weight is 611 g/mol. The van der Waals surface area contributed by atoms with E-state index in [1.165, 1.54) is 10.8 Å². The number of nitrogens with zero attached hydrogens (tertiary/aromatic N) is 4. The zero-order valence-electron chi connectivity index (χ0n) is 25.8. The maximum Gasteiger partial charge on any atom is 0.103 e. The summed E-state index contributed by atoms with van der Waals surface area (Å²) >= 11 is 0. The summed E-state index contributed by atoms with van der Waals surface area (Å²) in [5, 5.41) is 25.8. The first-order valence-electron chi connectivity index (χ1n) is 15.9. The number of hydrogen-bond acceptors (Lipinski definition) is 2. The van der Waals surface area contributed by atoms with E-state index in [-0.39, 0.29) is 0 Å². The van der Waals surface area contributed by atoms with Crippen LogP contribution in [0.2, 0.25) is 0 Å². The molecule has 4 nitrogen and oxygen atoms in total. The maximum atomic E-state index is 10.6. The first-order valence-corrected chi connectivity index (χ1v) is 15.9. The Kier molecular flexibility index (Phi) is 6.22. The summed E-state index contributed by atoms with van der Waals surface area (Å²) < 4.78 is 4.44. The standard InChI is InChI=1S/C44H26N4/c45-27-37-31(24-25-44(38(37)28-46)48-42-22-9-4-17-35(42)36-18-5-10-23-43(36)48)29-12-11-13-30(26-29)32-14-1-6-19-39(32)47-40-20-7-2-15-33(40)34-16-3-8-21-41(34)47/h1-26H. The monoisotopic (exact) mass is 610 g/mol. The van der Waals surface area contributed by atoms with Crippen molar-refractivity contribution in [1.29, 1.82) is 10.5 Å². The summed E-state index contributed by atoms with van der Waals surface area (Å²) in [6.07, 6.45) is 0. The minimum atomic E-state index is 0.359. The van der Waals surface area contributed by atoms with Gasteiger partial charge in [0.15, 0.2) is 0 Å². The Hall–Kier alpha value is -6.88. The van der Waals surface area contributed by atoms with E-state index in [0.29, 0.717) is 16.8 Å². The fraction of sp³-hybridized carbons (Fsp3) is 0. The second-order valence-electron chi connectivity index (χ2n) is 11.9. The average Bonchev–Trinajstić information content (AvgIpc) is 3.67. The summed E-state index contributed by atoms with van der Waals surface area (Å²) in [7, 11) is 0. The molecule has 0 amide bonds. The largest absolute Gasteiger partial charge is 0.309 e. The van der Waals surface area contributed by atoms with Gasteiger partial charge in [-0.15, -0.1) is 0 Å². The Bertz CT molecular complexity index is 2710. The molecule has 0 fully saturated rings. The molecular formula is C44H26N4. The number of fused-ring (bicyclic) bond motifs is 6. The molecule has 9 rings (SSSR count). The van der Waals surface area contributed by atoms with E-state index in [2.05, 4.69) is 130 Å². The Morgan fingerprint density at radius 1 is 0.354 bits per heavy atom. The van der Waals surface area contributed by atoms with Crippen molar-refractivity contribution < 1.29 is 0 Å². The Morgan fingerprint density at radius 3 is 1.31 bits per heavy atom. The molecule has 0 N–H and O–H groups in total. The predicted molar refractivity (Wildman–Crippen MR) is 195 cm³/mol. The highest BCUT2D eigenvalue weighted by molar-refractivity contribution is 6.10. The van der Waals surface area contributed by atoms with Crippen LogP contribution in [-0.4, -0.2) is 9.13 Å². The second kappa shape index (κ2) is 10.9. The third kappa shape index (κ3) is 4.01. The minimum Gasteiger partial charge on any atom is -0.309 e. The molecule has 0 aliphatic heterocycles. The van der Waals surface area contributed by atoms with Gasteiger partial charge in [-0.25, -0.2) is 0 Å². The van der Waals surface area contributed by atoms with E-state index in [9.17, 15) is 10.5 Å². The van der Waals surface area contributed by atoms with Crippen LogP contribution < -0.4 is 0 Å². The van der Waals surface area contributed by atoms with Gasteiger partial charge in [-0.2, -0.15) is 10.5 Å². The fourth-order valence-electron chi connectivity index (χ4n) is 7.38. The van der Waals surface area contributed by atoms with Crippen molar-refractivity contribution in [3.05, 3.63) is 169 Å². The van der Waals surface area contributed by atoms with Crippen LogP contribution in [0, 0.1) is 22.7 Å². The van der Waals surface area contributed by atoms with Crippen LogP contribution in [0.15, 0.2) is 158 Å². The minimum absolute atomic E-state index is 0.359. The van der Waals surface area contributed by atoms with Crippen LogP contribution >= 0.6 is 0 Å². The van der Waals surface area contributed by atoms with Crippen molar-refractivity contribution in [3.8, 4) is 45.8 Å². The van der Waals surface area contributed by atoms with Crippen LogP contribution in [0.4, 0.5) is 0 Å². The fourth-order valence-corrected chi connectivity index (χ4v) is 7.38. The zero-order valence-corrected chi connectivity index (χ0v) is 25.8. The lowest BCUT2D eigenvalue weighted by Crippen LogP contribution is -2.01. The van der Waals surface area contributed by atoms with Gasteiger partial charge in [0.25, 0.3) is 0 Å². The van der Waals surface area contributed by atoms with Crippen LogP contribution in [0.5, 0.6) is 0 Å². The SMILES string of the molecule is N#Cc1c(-c2cccc(-c3ccccc3-n3c4ccccc4c4ccccc43)c2)ccc(-n2c3ccccc3c3ccccc32)c1C#N. The molecule has 0 radical (unpaired) electrons. The third-order valence-electron chi connectivity index (χ3n) is 9.44. The van der Waals surface area contributed by atoms with Gasteiger partial charge < -0.3 is 9.13 Å². The molecule has 48 heavy (non-hydrogen) atoms. The topological polar surface area (TPSA) is 57.4 Å². The first kappa shape index (κ1) is 27.4. The molecular weight excluding hydrogens is 585 g/mol. The number of rotatable bonds is 4. The molecule has 0 aliphatic carbocycles. The number of para-hydroxylation sites is 5. The van der Waals surface area contributed by atoms with Gasteiger partial charge in [0.2, 0.25) is 0 Å². The molecule has 222 valence electrons. The van der Waals surface area contributed by atoms with Crippen LogP contribution in [-0.2, 0) is 0 Å². The molecule has 2 aromatic heterocycles. The van der Waals surface area contributed by atoms with Crippen LogP contribution in [0.1, 0.15) is 11.1 Å². The smallest absolute Gasteiger partial charge is 0.103 e. The van der Waals surface area contributed by atoms with E-state index in [1.807, 2.05) is 48.5 Å². The van der Waals surface area contributed by atoms with Gasteiger partial charge >= 0.3 is 0 Å². The summed E-state index contributed by atoms with van der Waals surface area (Å²) in [4.78, 5) is 0. The summed E-state index contributed by atoms with van der Waals surface area (Å²) in [5.41, 5.74) is 10.5. The van der Waals surface area contributed by atoms with Crippen molar-refractivity contribution in [2.75, 3.05) is 0 Å². The molecule has 4 heteroatoms. The molecule has 0 saturated heterocycles. The molecule has 2 heterocycles. The van der Waals surface area contributed by atoms with E-state index in [4.69, 9.17) is 0 Å². The van der Waals surface area contributed by atoms with Gasteiger partial charge in [0.1, 0.15) is 12.1 Å². The highest BCUT2D eigenvalue weighted by Gasteiger charge is 2.21. The van der Waals surface area contributed by atoms with Crippen LogP contribution in [0.25, 0.3) is 77.2 Å². The highest BCUT2D eigenvalue weighted by atomic mass is 15.0. The van der Waals surface area contributed by atoms with E-state index < -0.39 is 0 Å². The van der Waals surface area contributed by atoms with Crippen LogP contribution in [0.3, 0.4) is 0 Å². The highest BCUT2D eigenvalue weighted by Crippen LogP contribution is 2.39. The molecule has 0 unspecified atom stereocenters. The van der Waals surface area contributed by atoms with Crippen molar-refractivity contribution in [1.82, 2.24) is 9.13 Å². The number of aromatic nitrogens is 2. The van der Waals surface area contributed by atoms with E-state index in [1.54, 1.807) is 0 Å². The zero-order chi connectivity index (χ0) is 32.2. The lowest BCUT2D eigenvalue weighted by molar-refractivity contribution is 1.16. The Morgan fingerprint density at radius 2 is 0.792 bits per heavy atom. The molecule has 0 spiro atoms. The molecule has 0 aliphatic rings. The van der Waals surface area contributed by atoms with Crippen molar-refractivity contribution >= 4 is 43.6 Å². The number of hydrogen-bond donors (Lipinski definition) is 0. The number of benzene rings is 7. The third-order valence-corrected chi connectivity index (χ3v) is 9.44. The maximum absolute atomic E-state index is 10.6. The van der Waals surface area contributed by atoms with Crippen molar-refractivity contribution in [3.63, 3.8) is 0 Å². The van der Waals surface area contributed by atoms with Gasteiger partial charge in [0, 0.05) is 32.7 Å². The molecule has 0 atom stereocenters. The summed E-state index contributed by atoms with van der Waals surface area (Å²) in [5.74, 6) is 0. The lowest BCUT2D eigenvalue weighted by atomic mass is 9.92. The van der Waals surface area contributed by atoms with E-state index >= 15 is 0 Å². The van der Waals surface area contributed by atoms with Crippen molar-refractivity contribution in [2.24, 2.45) is 0 Å². The molecule has 7 aromatic carbocycles. The second-order valence-corrected chi connectivity index (χ2v) is 11.9. The van der Waals surface area contributed by atoms with Gasteiger partial charge in [-0.3, -0.25) is 0 Å². The quantitative estimate of drug-likeness (QED) is 0.199. The van der Waals surface area contributed by atoms with Gasteiger partial charge in [-0.05, 0) is 53.6 Å². The number of nitriles is 2.